The summed E-state index contributed by atoms with van der Waals surface area (Å²) in [5.74, 6) is -2.91. The number of fused-ring (bicyclic) bond motifs is 1. The molecule has 9 nitrogen and oxygen atoms in total. The molecule has 0 bridgehead atoms. The summed E-state index contributed by atoms with van der Waals surface area (Å²) in [7, 11) is 1.28. The first-order chi connectivity index (χ1) is 14.7. The molecule has 0 amide bonds. The normalized spacial score (nSPS) is 12.3. The first kappa shape index (κ1) is 22.6. The molecule has 1 aliphatic heterocycles. The minimum absolute atomic E-state index is 0.137. The lowest BCUT2D eigenvalue weighted by atomic mass is 10.2. The summed E-state index contributed by atoms with van der Waals surface area (Å²) in [5, 5.41) is 28.9. The fraction of sp³-hybridized carbons (Fsp3) is 0.211. The number of thioether (sulfide) groups is 1. The Bertz CT molecular complexity index is 1190. The highest BCUT2D eigenvalue weighted by atomic mass is 32.2. The molecule has 3 rings (SSSR count). The van der Waals surface area contributed by atoms with Crippen molar-refractivity contribution in [3.63, 3.8) is 0 Å². The maximum atomic E-state index is 11.9. The highest BCUT2D eigenvalue weighted by molar-refractivity contribution is 8.03. The van der Waals surface area contributed by atoms with Crippen molar-refractivity contribution in [1.82, 2.24) is 4.57 Å². The maximum Gasteiger partial charge on any atom is 0.337 e. The molecular formula is C19H16N2O7S3. The van der Waals surface area contributed by atoms with Crippen LogP contribution in [0.4, 0.5) is 5.69 Å². The average Bonchev–Trinajstić information content (AvgIpc) is 3.20. The zero-order valence-corrected chi connectivity index (χ0v) is 18.5. The quantitative estimate of drug-likeness (QED) is 0.308. The molecule has 0 spiro atoms. The highest BCUT2D eigenvalue weighted by Crippen LogP contribution is 2.46. The Balaban J connectivity index is 2.01. The summed E-state index contributed by atoms with van der Waals surface area (Å²) in [4.78, 5) is 36.8. The third kappa shape index (κ3) is 5.00. The van der Waals surface area contributed by atoms with Crippen molar-refractivity contribution < 1.29 is 34.4 Å². The topological polar surface area (TPSA) is 129 Å². The zero-order valence-electron chi connectivity index (χ0n) is 16.0. The van der Waals surface area contributed by atoms with Gasteiger partial charge in [0.2, 0.25) is 5.88 Å². The van der Waals surface area contributed by atoms with Crippen molar-refractivity contribution in [2.45, 2.75) is 17.9 Å². The molecule has 0 radical (unpaired) electrons. The van der Waals surface area contributed by atoms with Gasteiger partial charge < -0.3 is 25.0 Å². The minimum Gasteiger partial charge on any atom is -0.493 e. The van der Waals surface area contributed by atoms with Gasteiger partial charge in [0.05, 0.1) is 29.7 Å². The number of carbonyl (C=O) groups excluding carboxylic acids is 1. The number of carboxylic acids is 2. The molecule has 0 unspecified atom stereocenters. The van der Waals surface area contributed by atoms with Crippen LogP contribution in [0.3, 0.4) is 0 Å². The number of ether oxygens (including phenoxy) is 1. The number of aromatic hydroxyl groups is 1. The van der Waals surface area contributed by atoms with Crippen LogP contribution in [0, 0.1) is 3.95 Å². The van der Waals surface area contributed by atoms with Crippen molar-refractivity contribution in [1.29, 1.82) is 0 Å². The number of nitrogens with zero attached hydrogens (tertiary/aromatic N) is 2. The second-order valence-corrected chi connectivity index (χ2v) is 8.91. The van der Waals surface area contributed by atoms with E-state index in [2.05, 4.69) is 5.73 Å². The second kappa shape index (κ2) is 9.40. The Morgan fingerprint density at radius 1 is 1.26 bits per heavy atom. The van der Waals surface area contributed by atoms with Crippen LogP contribution >= 0.6 is 35.3 Å². The van der Waals surface area contributed by atoms with Crippen LogP contribution in [0.15, 0.2) is 33.9 Å². The predicted molar refractivity (Wildman–Crippen MR) is 117 cm³/mol. The van der Waals surface area contributed by atoms with Crippen LogP contribution in [0.1, 0.15) is 21.7 Å². The number of aliphatic carboxylic acids is 2. The fourth-order valence-electron chi connectivity index (χ4n) is 2.78. The van der Waals surface area contributed by atoms with Gasteiger partial charge in [-0.25, -0.2) is 4.79 Å². The Labute approximate surface area is 189 Å². The first-order valence-corrected chi connectivity index (χ1v) is 10.8. The predicted octanol–water partition coefficient (Wildman–Crippen LogP) is 3.40. The SMILES string of the molecule is COC(=O)c1ccc2c(c1)N(CCC(=O)O)C(=C=Cc1sc(=S)n(CC(=O)O)c1O)S2. The Morgan fingerprint density at radius 2 is 2.00 bits per heavy atom. The number of hydrogen-bond acceptors (Lipinski definition) is 9. The van der Waals surface area contributed by atoms with Gasteiger partial charge in [-0.2, -0.15) is 0 Å². The lowest BCUT2D eigenvalue weighted by Gasteiger charge is -2.18. The molecular weight excluding hydrogens is 464 g/mol. The van der Waals surface area contributed by atoms with Gasteiger partial charge in [0, 0.05) is 17.5 Å². The van der Waals surface area contributed by atoms with Crippen LogP contribution in [-0.4, -0.2) is 51.4 Å². The largest absolute Gasteiger partial charge is 0.493 e. The fourth-order valence-corrected chi connectivity index (χ4v) is 5.00. The van der Waals surface area contributed by atoms with Gasteiger partial charge in [-0.05, 0) is 30.4 Å². The highest BCUT2D eigenvalue weighted by Gasteiger charge is 2.27. The van der Waals surface area contributed by atoms with Gasteiger partial charge >= 0.3 is 17.9 Å². The molecule has 12 heteroatoms. The number of carboxylic acid groups (broad SMARTS) is 2. The summed E-state index contributed by atoms with van der Waals surface area (Å²) in [5.41, 5.74) is 4.00. The molecule has 3 N–H and O–H groups in total. The number of benzene rings is 1. The van der Waals surface area contributed by atoms with E-state index in [0.717, 1.165) is 20.8 Å². The number of anilines is 1. The van der Waals surface area contributed by atoms with E-state index in [0.29, 0.717) is 21.2 Å². The summed E-state index contributed by atoms with van der Waals surface area (Å²) < 4.78 is 6.05. The summed E-state index contributed by atoms with van der Waals surface area (Å²) in [6.45, 7) is -0.329. The Hall–Kier alpha value is -3.05. The van der Waals surface area contributed by atoms with Gasteiger partial charge in [-0.3, -0.25) is 14.2 Å². The molecule has 0 atom stereocenters. The zero-order chi connectivity index (χ0) is 22.7. The third-order valence-corrected chi connectivity index (χ3v) is 6.67. The standard InChI is InChI=1S/C19H16N2O7S3/c1-28-18(27)10-2-3-12-11(8-10)20(7-6-15(22)23)14(30-12)5-4-13-17(26)21(9-16(24)25)19(29)31-13/h2-4,8,26H,6-7,9H2,1H3,(H,22,23)(H,24,25). The van der Waals surface area contributed by atoms with E-state index in [1.54, 1.807) is 23.1 Å². The molecule has 1 aromatic heterocycles. The first-order valence-electron chi connectivity index (χ1n) is 8.72. The van der Waals surface area contributed by atoms with Crippen molar-refractivity contribution in [3.8, 4) is 5.88 Å². The van der Waals surface area contributed by atoms with E-state index in [-0.39, 0.29) is 22.8 Å². The number of rotatable bonds is 7. The van der Waals surface area contributed by atoms with Crippen molar-refractivity contribution >= 4 is 65.0 Å². The summed E-state index contributed by atoms with van der Waals surface area (Å²) in [6, 6.07) is 4.97. The van der Waals surface area contributed by atoms with Crippen molar-refractivity contribution in [3.05, 3.63) is 43.4 Å². The summed E-state index contributed by atoms with van der Waals surface area (Å²) >= 11 is 7.46. The monoisotopic (exact) mass is 480 g/mol. The van der Waals surface area contributed by atoms with Crippen LogP contribution < -0.4 is 4.90 Å². The van der Waals surface area contributed by atoms with E-state index in [4.69, 9.17) is 27.2 Å². The molecule has 31 heavy (non-hydrogen) atoms. The smallest absolute Gasteiger partial charge is 0.337 e. The van der Waals surface area contributed by atoms with Gasteiger partial charge in [-0.1, -0.05) is 17.5 Å². The Kier molecular flexibility index (Phi) is 6.86. The van der Waals surface area contributed by atoms with Gasteiger partial charge in [-0.15, -0.1) is 11.3 Å². The van der Waals surface area contributed by atoms with E-state index < -0.39 is 24.5 Å². The lowest BCUT2D eigenvalue weighted by molar-refractivity contribution is -0.138. The van der Waals surface area contributed by atoms with Crippen LogP contribution in [0.2, 0.25) is 0 Å². The molecule has 0 aliphatic carbocycles. The Morgan fingerprint density at radius 3 is 2.65 bits per heavy atom. The van der Waals surface area contributed by atoms with Gasteiger partial charge in [0.15, 0.2) is 3.95 Å². The number of carbonyl (C=O) groups is 3. The molecule has 0 fully saturated rings. The van der Waals surface area contributed by atoms with E-state index >= 15 is 0 Å². The van der Waals surface area contributed by atoms with Crippen LogP contribution in [0.5, 0.6) is 5.88 Å². The lowest BCUT2D eigenvalue weighted by Crippen LogP contribution is -2.21. The molecule has 162 valence electrons. The number of aromatic nitrogens is 1. The van der Waals surface area contributed by atoms with Crippen molar-refractivity contribution in [2.24, 2.45) is 0 Å². The molecule has 1 aliphatic rings. The van der Waals surface area contributed by atoms with Crippen molar-refractivity contribution in [2.75, 3.05) is 18.6 Å². The minimum atomic E-state index is -1.14. The number of methoxy groups -OCH3 is 1. The van der Waals surface area contributed by atoms with E-state index in [1.165, 1.54) is 24.9 Å². The summed E-state index contributed by atoms with van der Waals surface area (Å²) in [6.07, 6.45) is 1.32. The van der Waals surface area contributed by atoms with Gasteiger partial charge in [0.25, 0.3) is 0 Å². The van der Waals surface area contributed by atoms with Crippen LogP contribution in [0.25, 0.3) is 6.08 Å². The number of hydrogen-bond donors (Lipinski definition) is 3. The van der Waals surface area contributed by atoms with E-state index in [9.17, 15) is 19.5 Å². The van der Waals surface area contributed by atoms with E-state index in [1.807, 2.05) is 0 Å². The number of esters is 1. The van der Waals surface area contributed by atoms with Gasteiger partial charge in [0.1, 0.15) is 11.6 Å². The third-order valence-electron chi connectivity index (χ3n) is 4.19. The number of thiazole rings is 1. The molecule has 2 aromatic rings. The molecule has 0 saturated heterocycles. The maximum absolute atomic E-state index is 11.9. The molecule has 1 aromatic carbocycles. The molecule has 0 saturated carbocycles. The molecule has 2 heterocycles. The average molecular weight is 481 g/mol. The van der Waals surface area contributed by atoms with Crippen LogP contribution in [-0.2, 0) is 20.9 Å². The second-order valence-electron chi connectivity index (χ2n) is 6.20.